The lowest BCUT2D eigenvalue weighted by Gasteiger charge is -2.38. The maximum atomic E-state index is 12.7. The summed E-state index contributed by atoms with van der Waals surface area (Å²) >= 11 is 0. The smallest absolute Gasteiger partial charge is 0.236 e. The van der Waals surface area contributed by atoms with E-state index in [-0.39, 0.29) is 12.0 Å². The van der Waals surface area contributed by atoms with Crippen LogP contribution in [0.5, 0.6) is 0 Å². The van der Waals surface area contributed by atoms with E-state index < -0.39 is 0 Å². The van der Waals surface area contributed by atoms with Crippen molar-refractivity contribution in [2.75, 3.05) is 51.2 Å². The second-order valence-corrected chi connectivity index (χ2v) is 7.46. The standard InChI is InChI=1S/C18H29N5O2/c1-14-8-15(2)11-23(10-14)18(24)13-22-6-7-25-16(12-22)9-19-17-4-3-5-20-21-17/h3-5,14-16H,6-13H2,1-2H3,(H,19,21)/t14-,15-,16+/m1/s1. The lowest BCUT2D eigenvalue weighted by Crippen LogP contribution is -2.51. The molecule has 2 aliphatic rings. The largest absolute Gasteiger partial charge is 0.374 e. The number of carbonyl (C=O) groups is 1. The fourth-order valence-electron chi connectivity index (χ4n) is 3.82. The second-order valence-electron chi connectivity index (χ2n) is 7.46. The Morgan fingerprint density at radius 3 is 2.84 bits per heavy atom. The average molecular weight is 347 g/mol. The number of nitrogens with one attached hydrogen (secondary N) is 1. The van der Waals surface area contributed by atoms with Gasteiger partial charge in [-0.1, -0.05) is 13.8 Å². The summed E-state index contributed by atoms with van der Waals surface area (Å²) < 4.78 is 5.81. The van der Waals surface area contributed by atoms with Crippen molar-refractivity contribution in [2.24, 2.45) is 11.8 Å². The normalized spacial score (nSPS) is 27.9. The average Bonchev–Trinajstić information content (AvgIpc) is 2.60. The zero-order valence-electron chi connectivity index (χ0n) is 15.2. The molecule has 2 saturated heterocycles. The Kier molecular flexibility index (Phi) is 6.20. The van der Waals surface area contributed by atoms with E-state index in [9.17, 15) is 4.79 Å². The molecule has 138 valence electrons. The Morgan fingerprint density at radius 1 is 1.32 bits per heavy atom. The Bertz CT molecular complexity index is 546. The first kappa shape index (κ1) is 18.1. The maximum Gasteiger partial charge on any atom is 0.236 e. The number of amides is 1. The van der Waals surface area contributed by atoms with Gasteiger partial charge >= 0.3 is 0 Å². The van der Waals surface area contributed by atoms with Gasteiger partial charge in [-0.3, -0.25) is 9.69 Å². The molecule has 1 aromatic heterocycles. The second kappa shape index (κ2) is 8.58. The molecule has 0 unspecified atom stereocenters. The maximum absolute atomic E-state index is 12.7. The molecule has 0 radical (unpaired) electrons. The first-order valence-corrected chi connectivity index (χ1v) is 9.23. The van der Waals surface area contributed by atoms with Gasteiger partial charge in [-0.05, 0) is 30.4 Å². The molecule has 0 bridgehead atoms. The van der Waals surface area contributed by atoms with Crippen LogP contribution in [0, 0.1) is 11.8 Å². The van der Waals surface area contributed by atoms with Crippen LogP contribution in [0.2, 0.25) is 0 Å². The van der Waals surface area contributed by atoms with Crippen LogP contribution in [0.1, 0.15) is 20.3 Å². The Hall–Kier alpha value is -1.73. The fourth-order valence-corrected chi connectivity index (χ4v) is 3.82. The number of piperidine rings is 1. The van der Waals surface area contributed by atoms with Crippen LogP contribution in [0.15, 0.2) is 18.3 Å². The van der Waals surface area contributed by atoms with Crippen LogP contribution >= 0.6 is 0 Å². The topological polar surface area (TPSA) is 70.6 Å². The van der Waals surface area contributed by atoms with Gasteiger partial charge in [0, 0.05) is 38.9 Å². The van der Waals surface area contributed by atoms with E-state index in [0.717, 1.165) is 32.0 Å². The molecular weight excluding hydrogens is 318 g/mol. The van der Waals surface area contributed by atoms with Crippen molar-refractivity contribution < 1.29 is 9.53 Å². The van der Waals surface area contributed by atoms with E-state index in [4.69, 9.17) is 4.74 Å². The van der Waals surface area contributed by atoms with Gasteiger partial charge in [-0.15, -0.1) is 5.10 Å². The zero-order chi connectivity index (χ0) is 17.6. The molecule has 0 aromatic carbocycles. The van der Waals surface area contributed by atoms with Gasteiger partial charge in [0.1, 0.15) is 5.82 Å². The number of ether oxygens (including phenoxy) is 1. The number of anilines is 1. The number of likely N-dealkylation sites (tertiary alicyclic amines) is 1. The molecule has 3 heterocycles. The molecule has 1 amide bonds. The Morgan fingerprint density at radius 2 is 2.12 bits per heavy atom. The minimum atomic E-state index is 0.0581. The molecule has 25 heavy (non-hydrogen) atoms. The summed E-state index contributed by atoms with van der Waals surface area (Å²) in [6, 6.07) is 3.73. The molecule has 3 rings (SSSR count). The SMILES string of the molecule is C[C@@H]1C[C@@H](C)CN(C(=O)CN2CCO[C@@H](CNc3cccnn3)C2)C1. The molecule has 2 fully saturated rings. The van der Waals surface area contributed by atoms with Gasteiger partial charge in [-0.2, -0.15) is 5.10 Å². The summed E-state index contributed by atoms with van der Waals surface area (Å²) in [5.74, 6) is 2.19. The quantitative estimate of drug-likeness (QED) is 0.860. The van der Waals surface area contributed by atoms with Crippen LogP contribution in [-0.4, -0.2) is 77.9 Å². The van der Waals surface area contributed by atoms with Crippen molar-refractivity contribution in [3.05, 3.63) is 18.3 Å². The van der Waals surface area contributed by atoms with E-state index in [1.807, 2.05) is 17.0 Å². The van der Waals surface area contributed by atoms with Crippen molar-refractivity contribution in [3.63, 3.8) is 0 Å². The minimum Gasteiger partial charge on any atom is -0.374 e. The van der Waals surface area contributed by atoms with Gasteiger partial charge in [0.05, 0.1) is 19.3 Å². The van der Waals surface area contributed by atoms with Crippen molar-refractivity contribution >= 4 is 11.7 Å². The van der Waals surface area contributed by atoms with Crippen molar-refractivity contribution in [1.82, 2.24) is 20.0 Å². The number of rotatable bonds is 5. The lowest BCUT2D eigenvalue weighted by atomic mass is 9.92. The minimum absolute atomic E-state index is 0.0581. The van der Waals surface area contributed by atoms with Crippen LogP contribution in [0.3, 0.4) is 0 Å². The number of nitrogens with zero attached hydrogens (tertiary/aromatic N) is 4. The zero-order valence-corrected chi connectivity index (χ0v) is 15.2. The molecule has 7 heteroatoms. The van der Waals surface area contributed by atoms with Gasteiger partial charge in [0.15, 0.2) is 0 Å². The summed E-state index contributed by atoms with van der Waals surface area (Å²) in [6.07, 6.45) is 2.93. The summed E-state index contributed by atoms with van der Waals surface area (Å²) in [7, 11) is 0. The number of aromatic nitrogens is 2. The van der Waals surface area contributed by atoms with Crippen LogP contribution < -0.4 is 5.32 Å². The molecule has 1 N–H and O–H groups in total. The molecule has 3 atom stereocenters. The number of hydrogen-bond acceptors (Lipinski definition) is 6. The third-order valence-electron chi connectivity index (χ3n) is 4.89. The van der Waals surface area contributed by atoms with E-state index in [2.05, 4.69) is 34.3 Å². The number of hydrogen-bond donors (Lipinski definition) is 1. The Balaban J connectivity index is 1.45. The van der Waals surface area contributed by atoms with E-state index >= 15 is 0 Å². The lowest BCUT2D eigenvalue weighted by molar-refractivity contribution is -0.136. The predicted octanol–water partition coefficient (Wildman–Crippen LogP) is 1.09. The first-order chi connectivity index (χ1) is 12.1. The first-order valence-electron chi connectivity index (χ1n) is 9.23. The van der Waals surface area contributed by atoms with E-state index in [0.29, 0.717) is 31.5 Å². The number of morpholine rings is 1. The van der Waals surface area contributed by atoms with Crippen molar-refractivity contribution in [3.8, 4) is 0 Å². The molecule has 2 aliphatic heterocycles. The highest BCUT2D eigenvalue weighted by Crippen LogP contribution is 2.21. The van der Waals surface area contributed by atoms with Crippen LogP contribution in [0.4, 0.5) is 5.82 Å². The number of carbonyl (C=O) groups excluding carboxylic acids is 1. The molecule has 1 aromatic rings. The predicted molar refractivity (Wildman–Crippen MR) is 96.2 cm³/mol. The molecule has 0 spiro atoms. The fraction of sp³-hybridized carbons (Fsp3) is 0.722. The Labute approximate surface area is 149 Å². The van der Waals surface area contributed by atoms with Gasteiger partial charge in [-0.25, -0.2) is 0 Å². The summed E-state index contributed by atoms with van der Waals surface area (Å²) in [6.45, 7) is 9.65. The highest BCUT2D eigenvalue weighted by molar-refractivity contribution is 5.78. The van der Waals surface area contributed by atoms with Crippen LogP contribution in [-0.2, 0) is 9.53 Å². The van der Waals surface area contributed by atoms with Gasteiger partial charge in [0.2, 0.25) is 5.91 Å². The van der Waals surface area contributed by atoms with E-state index in [1.165, 1.54) is 6.42 Å². The highest BCUT2D eigenvalue weighted by atomic mass is 16.5. The third-order valence-corrected chi connectivity index (χ3v) is 4.89. The van der Waals surface area contributed by atoms with Crippen molar-refractivity contribution in [2.45, 2.75) is 26.4 Å². The monoisotopic (exact) mass is 347 g/mol. The summed E-state index contributed by atoms with van der Waals surface area (Å²) in [5, 5.41) is 11.1. The third kappa shape index (κ3) is 5.37. The molecular formula is C18H29N5O2. The highest BCUT2D eigenvalue weighted by Gasteiger charge is 2.28. The molecule has 0 aliphatic carbocycles. The van der Waals surface area contributed by atoms with Crippen molar-refractivity contribution in [1.29, 1.82) is 0 Å². The van der Waals surface area contributed by atoms with Crippen LogP contribution in [0.25, 0.3) is 0 Å². The molecule has 7 nitrogen and oxygen atoms in total. The summed E-state index contributed by atoms with van der Waals surface area (Å²) in [5.41, 5.74) is 0. The van der Waals surface area contributed by atoms with Gasteiger partial charge < -0.3 is 15.0 Å². The molecule has 0 saturated carbocycles. The van der Waals surface area contributed by atoms with E-state index in [1.54, 1.807) is 6.20 Å². The summed E-state index contributed by atoms with van der Waals surface area (Å²) in [4.78, 5) is 16.9. The van der Waals surface area contributed by atoms with Gasteiger partial charge in [0.25, 0.3) is 0 Å².